The normalized spacial score (nSPS) is 18.8. The molecule has 13 heavy (non-hydrogen) atoms. The van der Waals surface area contributed by atoms with E-state index in [0.717, 1.165) is 17.6 Å². The van der Waals surface area contributed by atoms with E-state index < -0.39 is 0 Å². The van der Waals surface area contributed by atoms with E-state index in [1.54, 1.807) is 0 Å². The lowest BCUT2D eigenvalue weighted by Crippen LogP contribution is -2.11. The maximum absolute atomic E-state index is 11.5. The fourth-order valence-electron chi connectivity index (χ4n) is 1.85. The zero-order chi connectivity index (χ0) is 9.26. The molecule has 1 heteroatoms. The first-order chi connectivity index (χ1) is 6.33. The van der Waals surface area contributed by atoms with Gasteiger partial charge in [0, 0.05) is 12.0 Å². The van der Waals surface area contributed by atoms with Crippen LogP contribution in [0.3, 0.4) is 0 Å². The molecule has 1 aromatic carbocycles. The van der Waals surface area contributed by atoms with Crippen LogP contribution in [-0.2, 0) is 11.2 Å². The van der Waals surface area contributed by atoms with Crippen molar-refractivity contribution < 1.29 is 4.79 Å². The van der Waals surface area contributed by atoms with Crippen LogP contribution >= 0.6 is 0 Å². The van der Waals surface area contributed by atoms with Gasteiger partial charge in [0.1, 0.15) is 0 Å². The number of carbonyl (C=O) groups excluding carboxylic acids is 1. The van der Waals surface area contributed by atoms with Crippen LogP contribution in [0.4, 0.5) is 0 Å². The molecule has 0 spiro atoms. The van der Waals surface area contributed by atoms with Crippen molar-refractivity contribution in [2.24, 2.45) is 0 Å². The molecule has 0 saturated heterocycles. The Balaban J connectivity index is 2.58. The van der Waals surface area contributed by atoms with Gasteiger partial charge in [0.2, 0.25) is 0 Å². The zero-order valence-electron chi connectivity index (χ0n) is 7.71. The maximum Gasteiger partial charge on any atom is 0.163 e. The third-order valence-electron chi connectivity index (χ3n) is 2.52. The molecule has 0 amide bonds. The Morgan fingerprint density at radius 2 is 2.00 bits per heavy atom. The lowest BCUT2D eigenvalue weighted by Gasteiger charge is -2.17. The summed E-state index contributed by atoms with van der Waals surface area (Å²) in [6.45, 7) is 1.93. The molecule has 1 aliphatic carbocycles. The Labute approximate surface area is 78.1 Å². The summed E-state index contributed by atoms with van der Waals surface area (Å²) < 4.78 is 0. The molecule has 0 N–H and O–H groups in total. The number of allylic oxidation sites excluding steroid dienone is 2. The van der Waals surface area contributed by atoms with Gasteiger partial charge in [-0.3, -0.25) is 4.79 Å². The summed E-state index contributed by atoms with van der Waals surface area (Å²) in [5.41, 5.74) is 3.32. The Morgan fingerprint density at radius 1 is 1.23 bits per heavy atom. The van der Waals surface area contributed by atoms with E-state index in [1.807, 2.05) is 31.2 Å². The van der Waals surface area contributed by atoms with E-state index in [2.05, 4.69) is 6.07 Å². The largest absolute Gasteiger partial charge is 0.294 e. The van der Waals surface area contributed by atoms with Crippen LogP contribution < -0.4 is 0 Å². The van der Waals surface area contributed by atoms with Gasteiger partial charge >= 0.3 is 0 Å². The number of aryl methyl sites for hydroxylation is 1. The van der Waals surface area contributed by atoms with E-state index in [-0.39, 0.29) is 5.78 Å². The summed E-state index contributed by atoms with van der Waals surface area (Å²) in [7, 11) is 0. The topological polar surface area (TPSA) is 17.1 Å². The minimum atomic E-state index is 0.279. The van der Waals surface area contributed by atoms with Gasteiger partial charge in [-0.25, -0.2) is 0 Å². The molecule has 2 rings (SSSR count). The highest BCUT2D eigenvalue weighted by molar-refractivity contribution is 6.22. The minimum absolute atomic E-state index is 0.279. The van der Waals surface area contributed by atoms with Crippen LogP contribution in [0.2, 0.25) is 0 Å². The van der Waals surface area contributed by atoms with Gasteiger partial charge in [-0.2, -0.15) is 0 Å². The predicted molar refractivity (Wildman–Crippen MR) is 53.4 cm³/mol. The van der Waals surface area contributed by atoms with Gasteiger partial charge < -0.3 is 0 Å². The predicted octanol–water partition coefficient (Wildman–Crippen LogP) is 2.61. The average molecular weight is 172 g/mol. The van der Waals surface area contributed by atoms with Crippen molar-refractivity contribution in [2.45, 2.75) is 19.8 Å². The van der Waals surface area contributed by atoms with Crippen molar-refractivity contribution in [1.82, 2.24) is 0 Å². The fraction of sp³-hybridized carbons (Fsp3) is 0.250. The SMILES string of the molecule is C/C=C1/C(=O)CCc2ccccc21. The second kappa shape index (κ2) is 3.17. The van der Waals surface area contributed by atoms with Gasteiger partial charge in [-0.1, -0.05) is 30.3 Å². The van der Waals surface area contributed by atoms with Crippen molar-refractivity contribution in [3.05, 3.63) is 41.5 Å². The number of Topliss-reactive ketones (excluding diaryl/α,β-unsaturated/α-hetero) is 1. The van der Waals surface area contributed by atoms with Crippen LogP contribution in [0.25, 0.3) is 5.57 Å². The molecule has 1 nitrogen and oxygen atoms in total. The van der Waals surface area contributed by atoms with Gasteiger partial charge in [-0.15, -0.1) is 0 Å². The number of ketones is 1. The number of hydrogen-bond acceptors (Lipinski definition) is 1. The lowest BCUT2D eigenvalue weighted by atomic mass is 9.86. The molecular weight excluding hydrogens is 160 g/mol. The van der Waals surface area contributed by atoms with Crippen molar-refractivity contribution in [3.8, 4) is 0 Å². The lowest BCUT2D eigenvalue weighted by molar-refractivity contribution is -0.113. The second-order valence-electron chi connectivity index (χ2n) is 3.28. The highest BCUT2D eigenvalue weighted by atomic mass is 16.1. The van der Waals surface area contributed by atoms with Crippen molar-refractivity contribution in [1.29, 1.82) is 0 Å². The van der Waals surface area contributed by atoms with Gasteiger partial charge in [-0.05, 0) is 24.5 Å². The molecule has 0 radical (unpaired) electrons. The molecule has 0 saturated carbocycles. The Hall–Kier alpha value is -1.37. The summed E-state index contributed by atoms with van der Waals surface area (Å²) in [5.74, 6) is 0.279. The molecule has 0 atom stereocenters. The summed E-state index contributed by atoms with van der Waals surface area (Å²) in [4.78, 5) is 11.5. The number of hydrogen-bond donors (Lipinski definition) is 0. The van der Waals surface area contributed by atoms with Crippen LogP contribution in [0.1, 0.15) is 24.5 Å². The first kappa shape index (κ1) is 8.24. The van der Waals surface area contributed by atoms with Crippen LogP contribution in [0, 0.1) is 0 Å². The summed E-state index contributed by atoms with van der Waals surface area (Å²) in [6, 6.07) is 8.15. The van der Waals surface area contributed by atoms with Gasteiger partial charge in [0.25, 0.3) is 0 Å². The summed E-state index contributed by atoms with van der Waals surface area (Å²) in [6.07, 6.45) is 3.48. The number of rotatable bonds is 0. The van der Waals surface area contributed by atoms with Crippen LogP contribution in [0.5, 0.6) is 0 Å². The molecular formula is C12H12O. The smallest absolute Gasteiger partial charge is 0.163 e. The molecule has 0 aromatic heterocycles. The molecule has 0 fully saturated rings. The van der Waals surface area contributed by atoms with Crippen molar-refractivity contribution in [3.63, 3.8) is 0 Å². The van der Waals surface area contributed by atoms with Gasteiger partial charge in [0.15, 0.2) is 5.78 Å². The average Bonchev–Trinajstić information content (AvgIpc) is 2.18. The number of carbonyl (C=O) groups is 1. The molecule has 0 aliphatic heterocycles. The second-order valence-corrected chi connectivity index (χ2v) is 3.28. The number of benzene rings is 1. The third kappa shape index (κ3) is 1.31. The highest BCUT2D eigenvalue weighted by Gasteiger charge is 2.19. The van der Waals surface area contributed by atoms with E-state index in [0.29, 0.717) is 6.42 Å². The van der Waals surface area contributed by atoms with Crippen LogP contribution in [0.15, 0.2) is 30.3 Å². The quantitative estimate of drug-likeness (QED) is 0.550. The Bertz CT molecular complexity index is 374. The third-order valence-corrected chi connectivity index (χ3v) is 2.52. The van der Waals surface area contributed by atoms with E-state index >= 15 is 0 Å². The van der Waals surface area contributed by atoms with Gasteiger partial charge in [0.05, 0.1) is 0 Å². The molecule has 0 unspecified atom stereocenters. The van der Waals surface area contributed by atoms with E-state index in [1.165, 1.54) is 5.56 Å². The fourth-order valence-corrected chi connectivity index (χ4v) is 1.85. The molecule has 1 aromatic rings. The monoisotopic (exact) mass is 172 g/mol. The first-order valence-corrected chi connectivity index (χ1v) is 4.60. The standard InChI is InChI=1S/C12H12O/c1-2-10-11-6-4-3-5-9(11)7-8-12(10)13/h2-6H,7-8H2,1H3/b10-2+. The summed E-state index contributed by atoms with van der Waals surface area (Å²) >= 11 is 0. The van der Waals surface area contributed by atoms with Crippen LogP contribution in [-0.4, -0.2) is 5.78 Å². The molecule has 1 aliphatic rings. The summed E-state index contributed by atoms with van der Waals surface area (Å²) in [5, 5.41) is 0. The molecule has 0 bridgehead atoms. The van der Waals surface area contributed by atoms with E-state index in [4.69, 9.17) is 0 Å². The van der Waals surface area contributed by atoms with E-state index in [9.17, 15) is 4.79 Å². The number of fused-ring (bicyclic) bond motifs is 1. The maximum atomic E-state index is 11.5. The Kier molecular flexibility index (Phi) is 2.01. The Morgan fingerprint density at radius 3 is 2.77 bits per heavy atom. The van der Waals surface area contributed by atoms with Crippen molar-refractivity contribution >= 4 is 11.4 Å². The molecule has 0 heterocycles. The van der Waals surface area contributed by atoms with Crippen molar-refractivity contribution in [2.75, 3.05) is 0 Å². The first-order valence-electron chi connectivity index (χ1n) is 4.60. The highest BCUT2D eigenvalue weighted by Crippen LogP contribution is 2.27. The zero-order valence-corrected chi connectivity index (χ0v) is 7.71. The minimum Gasteiger partial charge on any atom is -0.294 e. The molecule has 66 valence electrons.